The monoisotopic (exact) mass is 229 g/mol. The van der Waals surface area contributed by atoms with E-state index in [1.165, 1.54) is 6.07 Å². The zero-order valence-corrected chi connectivity index (χ0v) is 9.56. The van der Waals surface area contributed by atoms with Crippen LogP contribution in [-0.2, 0) is 0 Å². The van der Waals surface area contributed by atoms with E-state index in [0.717, 1.165) is 12.1 Å². The second-order valence-electron chi connectivity index (χ2n) is 3.91. The van der Waals surface area contributed by atoms with Gasteiger partial charge in [0.05, 0.1) is 5.60 Å². The maximum absolute atomic E-state index is 12.9. The van der Waals surface area contributed by atoms with Crippen LogP contribution in [0, 0.1) is 11.6 Å². The van der Waals surface area contributed by atoms with E-state index in [2.05, 4.69) is 5.32 Å². The molecule has 0 amide bonds. The van der Waals surface area contributed by atoms with Crippen molar-refractivity contribution in [3.8, 4) is 0 Å². The molecule has 0 saturated carbocycles. The highest BCUT2D eigenvalue weighted by Gasteiger charge is 2.21. The lowest BCUT2D eigenvalue weighted by Gasteiger charge is -2.25. The Hall–Kier alpha value is -1.16. The first-order valence-corrected chi connectivity index (χ1v) is 5.42. The Morgan fingerprint density at radius 1 is 1.19 bits per heavy atom. The third-order valence-corrected chi connectivity index (χ3v) is 2.86. The molecule has 1 aromatic rings. The van der Waals surface area contributed by atoms with Gasteiger partial charge >= 0.3 is 0 Å². The van der Waals surface area contributed by atoms with Crippen molar-refractivity contribution >= 4 is 5.69 Å². The van der Waals surface area contributed by atoms with Gasteiger partial charge < -0.3 is 10.4 Å². The van der Waals surface area contributed by atoms with Crippen LogP contribution in [0.2, 0.25) is 0 Å². The van der Waals surface area contributed by atoms with E-state index in [1.54, 1.807) is 0 Å². The predicted molar refractivity (Wildman–Crippen MR) is 60.4 cm³/mol. The van der Waals surface area contributed by atoms with Gasteiger partial charge in [-0.2, -0.15) is 0 Å². The summed E-state index contributed by atoms with van der Waals surface area (Å²) in [5.74, 6) is -1.76. The van der Waals surface area contributed by atoms with Crippen molar-refractivity contribution in [1.82, 2.24) is 0 Å². The minimum Gasteiger partial charge on any atom is -0.388 e. The molecule has 0 aliphatic rings. The van der Waals surface area contributed by atoms with E-state index in [9.17, 15) is 13.9 Å². The molecule has 0 saturated heterocycles. The summed E-state index contributed by atoms with van der Waals surface area (Å²) in [6, 6.07) is 3.60. The summed E-state index contributed by atoms with van der Waals surface area (Å²) in [6.07, 6.45) is 1.22. The first kappa shape index (κ1) is 12.9. The lowest BCUT2D eigenvalue weighted by Crippen LogP contribution is -2.35. The van der Waals surface area contributed by atoms with Gasteiger partial charge in [-0.05, 0) is 25.0 Å². The number of anilines is 1. The Balaban J connectivity index is 2.64. The van der Waals surface area contributed by atoms with Crippen LogP contribution in [0.1, 0.15) is 26.7 Å². The number of aliphatic hydroxyl groups is 1. The maximum Gasteiger partial charge on any atom is 0.160 e. The third kappa shape index (κ3) is 3.17. The first-order chi connectivity index (χ1) is 7.50. The summed E-state index contributed by atoms with van der Waals surface area (Å²) in [4.78, 5) is 0. The predicted octanol–water partition coefficient (Wildman–Crippen LogP) is 2.93. The van der Waals surface area contributed by atoms with Gasteiger partial charge in [0.15, 0.2) is 11.6 Å². The van der Waals surface area contributed by atoms with Gasteiger partial charge in [0.2, 0.25) is 0 Å². The van der Waals surface area contributed by atoms with Gasteiger partial charge in [0, 0.05) is 18.3 Å². The Bertz CT molecular complexity index is 351. The van der Waals surface area contributed by atoms with Gasteiger partial charge in [0.25, 0.3) is 0 Å². The van der Waals surface area contributed by atoms with Gasteiger partial charge in [0.1, 0.15) is 0 Å². The van der Waals surface area contributed by atoms with E-state index in [4.69, 9.17) is 0 Å². The minimum atomic E-state index is -0.887. The molecule has 0 heterocycles. The zero-order valence-electron chi connectivity index (χ0n) is 9.56. The van der Waals surface area contributed by atoms with Gasteiger partial charge in [-0.1, -0.05) is 13.8 Å². The second kappa shape index (κ2) is 5.25. The van der Waals surface area contributed by atoms with E-state index in [1.807, 2.05) is 13.8 Å². The largest absolute Gasteiger partial charge is 0.388 e. The summed E-state index contributed by atoms with van der Waals surface area (Å²) in [7, 11) is 0. The maximum atomic E-state index is 12.9. The Morgan fingerprint density at radius 3 is 2.31 bits per heavy atom. The Morgan fingerprint density at radius 2 is 1.81 bits per heavy atom. The molecule has 4 heteroatoms. The van der Waals surface area contributed by atoms with E-state index < -0.39 is 17.2 Å². The molecule has 0 bridgehead atoms. The number of nitrogens with one attached hydrogen (secondary N) is 1. The lowest BCUT2D eigenvalue weighted by molar-refractivity contribution is 0.0457. The third-order valence-electron chi connectivity index (χ3n) is 2.86. The average Bonchev–Trinajstić information content (AvgIpc) is 2.30. The summed E-state index contributed by atoms with van der Waals surface area (Å²) in [6.45, 7) is 4.10. The van der Waals surface area contributed by atoms with E-state index in [-0.39, 0.29) is 0 Å². The van der Waals surface area contributed by atoms with E-state index in [0.29, 0.717) is 25.1 Å². The molecule has 0 aliphatic carbocycles. The molecule has 0 aliphatic heterocycles. The molecule has 2 nitrogen and oxygen atoms in total. The van der Waals surface area contributed by atoms with Crippen molar-refractivity contribution in [3.05, 3.63) is 29.8 Å². The highest BCUT2D eigenvalue weighted by atomic mass is 19.2. The van der Waals surface area contributed by atoms with Crippen molar-refractivity contribution in [2.75, 3.05) is 11.9 Å². The van der Waals surface area contributed by atoms with E-state index >= 15 is 0 Å². The van der Waals surface area contributed by atoms with Crippen LogP contribution in [0.25, 0.3) is 0 Å². The van der Waals surface area contributed by atoms with Crippen molar-refractivity contribution in [1.29, 1.82) is 0 Å². The molecule has 0 spiro atoms. The quantitative estimate of drug-likeness (QED) is 0.813. The van der Waals surface area contributed by atoms with Crippen molar-refractivity contribution in [3.63, 3.8) is 0 Å². The fourth-order valence-electron chi connectivity index (χ4n) is 1.37. The van der Waals surface area contributed by atoms with Crippen LogP contribution in [0.3, 0.4) is 0 Å². The molecular weight excluding hydrogens is 212 g/mol. The SMILES string of the molecule is CCC(O)(CC)CNc1ccc(F)c(F)c1. The van der Waals surface area contributed by atoms with Gasteiger partial charge in [-0.3, -0.25) is 0 Å². The second-order valence-corrected chi connectivity index (χ2v) is 3.91. The smallest absolute Gasteiger partial charge is 0.160 e. The van der Waals surface area contributed by atoms with Crippen LogP contribution < -0.4 is 5.32 Å². The molecule has 0 atom stereocenters. The minimum absolute atomic E-state index is 0.324. The molecule has 0 radical (unpaired) electrons. The molecular formula is C12H17F2NO. The number of hydrogen-bond acceptors (Lipinski definition) is 2. The zero-order chi connectivity index (χ0) is 12.2. The van der Waals surface area contributed by atoms with Gasteiger partial charge in [-0.25, -0.2) is 8.78 Å². The lowest BCUT2D eigenvalue weighted by atomic mass is 9.97. The number of hydrogen-bond donors (Lipinski definition) is 2. The summed E-state index contributed by atoms with van der Waals surface area (Å²) in [5.41, 5.74) is -0.329. The number of benzene rings is 1. The Labute approximate surface area is 94.3 Å². The normalized spacial score (nSPS) is 11.6. The molecule has 1 rings (SSSR count). The standard InChI is InChI=1S/C12H17F2NO/c1-3-12(16,4-2)8-15-9-5-6-10(13)11(14)7-9/h5-7,15-16H,3-4,8H2,1-2H3. The molecule has 0 fully saturated rings. The molecule has 0 aromatic heterocycles. The van der Waals surface area contributed by atoms with Crippen molar-refractivity contribution < 1.29 is 13.9 Å². The highest BCUT2D eigenvalue weighted by Crippen LogP contribution is 2.18. The fraction of sp³-hybridized carbons (Fsp3) is 0.500. The molecule has 2 N–H and O–H groups in total. The van der Waals surface area contributed by atoms with Crippen LogP contribution in [0.4, 0.5) is 14.5 Å². The number of rotatable bonds is 5. The molecule has 1 aromatic carbocycles. The van der Waals surface area contributed by atoms with Crippen LogP contribution in [0.5, 0.6) is 0 Å². The van der Waals surface area contributed by atoms with Crippen LogP contribution in [-0.4, -0.2) is 17.3 Å². The topological polar surface area (TPSA) is 32.3 Å². The molecule has 0 unspecified atom stereocenters. The van der Waals surface area contributed by atoms with Crippen LogP contribution >= 0.6 is 0 Å². The number of halogens is 2. The van der Waals surface area contributed by atoms with Crippen molar-refractivity contribution in [2.24, 2.45) is 0 Å². The summed E-state index contributed by atoms with van der Waals surface area (Å²) in [5, 5.41) is 12.9. The van der Waals surface area contributed by atoms with Crippen molar-refractivity contribution in [2.45, 2.75) is 32.3 Å². The highest BCUT2D eigenvalue weighted by molar-refractivity contribution is 5.43. The average molecular weight is 229 g/mol. The molecule has 16 heavy (non-hydrogen) atoms. The summed E-state index contributed by atoms with van der Waals surface area (Å²) >= 11 is 0. The van der Waals surface area contributed by atoms with Gasteiger partial charge in [-0.15, -0.1) is 0 Å². The Kier molecular flexibility index (Phi) is 4.24. The fourth-order valence-corrected chi connectivity index (χ4v) is 1.37. The summed E-state index contributed by atoms with van der Waals surface area (Å²) < 4.78 is 25.5. The van der Waals surface area contributed by atoms with Crippen LogP contribution in [0.15, 0.2) is 18.2 Å². The first-order valence-electron chi connectivity index (χ1n) is 5.42. The molecule has 90 valence electrons.